The summed E-state index contributed by atoms with van der Waals surface area (Å²) < 4.78 is 42.8. The SMILES string of the molecule is CC(C)(Cn1cc(-c2ccc(C#N)nc2-c2ccn3ccnc3c2)cn1)C(F)(F)F. The summed E-state index contributed by atoms with van der Waals surface area (Å²) in [5.41, 5.74) is 1.59. The largest absolute Gasteiger partial charge is 0.395 e. The number of hydrogen-bond donors (Lipinski definition) is 0. The van der Waals surface area contributed by atoms with Crippen molar-refractivity contribution in [2.45, 2.75) is 26.6 Å². The number of alkyl halides is 3. The second-order valence-electron chi connectivity index (χ2n) is 7.62. The molecule has 4 aromatic rings. The minimum absolute atomic E-state index is 0.238. The molecule has 0 aliphatic heterocycles. The highest BCUT2D eigenvalue weighted by molar-refractivity contribution is 5.81. The van der Waals surface area contributed by atoms with Crippen molar-refractivity contribution in [3.05, 3.63) is 60.9 Å². The lowest BCUT2D eigenvalue weighted by Gasteiger charge is -2.27. The normalized spacial score (nSPS) is 12.3. The molecule has 0 fully saturated rings. The summed E-state index contributed by atoms with van der Waals surface area (Å²) in [6.07, 6.45) is 4.04. The van der Waals surface area contributed by atoms with Crippen LogP contribution >= 0.6 is 0 Å². The van der Waals surface area contributed by atoms with Gasteiger partial charge in [0.1, 0.15) is 17.4 Å². The predicted molar refractivity (Wildman–Crippen MR) is 104 cm³/mol. The number of nitrogens with zero attached hydrogens (tertiary/aromatic N) is 6. The molecule has 0 spiro atoms. The molecule has 4 aromatic heterocycles. The molecule has 0 amide bonds. The molecule has 4 heterocycles. The van der Waals surface area contributed by atoms with Gasteiger partial charge in [0.2, 0.25) is 0 Å². The number of imidazole rings is 1. The van der Waals surface area contributed by atoms with Crippen molar-refractivity contribution in [1.82, 2.24) is 24.1 Å². The van der Waals surface area contributed by atoms with Gasteiger partial charge in [0.05, 0.1) is 23.9 Å². The zero-order valence-corrected chi connectivity index (χ0v) is 16.2. The Balaban J connectivity index is 1.77. The maximum absolute atomic E-state index is 13.2. The van der Waals surface area contributed by atoms with Crippen LogP contribution in [0.15, 0.2) is 55.2 Å². The van der Waals surface area contributed by atoms with Gasteiger partial charge in [0.15, 0.2) is 0 Å². The first-order chi connectivity index (χ1) is 14.2. The maximum Gasteiger partial charge on any atom is 0.395 e. The molecule has 0 unspecified atom stereocenters. The summed E-state index contributed by atoms with van der Waals surface area (Å²) in [6, 6.07) is 9.01. The van der Waals surface area contributed by atoms with Gasteiger partial charge in [-0.2, -0.15) is 23.5 Å². The van der Waals surface area contributed by atoms with Crippen LogP contribution in [0.5, 0.6) is 0 Å². The fourth-order valence-electron chi connectivity index (χ4n) is 3.12. The molecule has 30 heavy (non-hydrogen) atoms. The van der Waals surface area contributed by atoms with Crippen LogP contribution in [0.25, 0.3) is 28.0 Å². The highest BCUT2D eigenvalue weighted by Gasteiger charge is 2.47. The average molecular weight is 410 g/mol. The Morgan fingerprint density at radius 3 is 2.63 bits per heavy atom. The zero-order chi connectivity index (χ0) is 21.5. The Bertz CT molecular complexity index is 1260. The molecule has 4 rings (SSSR count). The highest BCUT2D eigenvalue weighted by atomic mass is 19.4. The van der Waals surface area contributed by atoms with Crippen LogP contribution in [0.1, 0.15) is 19.5 Å². The zero-order valence-electron chi connectivity index (χ0n) is 16.2. The van der Waals surface area contributed by atoms with Gasteiger partial charge < -0.3 is 4.40 Å². The molecule has 0 N–H and O–H groups in total. The van der Waals surface area contributed by atoms with Crippen LogP contribution in [-0.2, 0) is 6.54 Å². The fourth-order valence-corrected chi connectivity index (χ4v) is 3.12. The minimum atomic E-state index is -4.35. The number of fused-ring (bicyclic) bond motifs is 1. The Labute approximate surface area is 170 Å². The third-order valence-electron chi connectivity index (χ3n) is 4.95. The smallest absolute Gasteiger partial charge is 0.307 e. The van der Waals surface area contributed by atoms with Gasteiger partial charge in [-0.15, -0.1) is 0 Å². The quantitative estimate of drug-likeness (QED) is 0.488. The lowest BCUT2D eigenvalue weighted by Crippen LogP contribution is -2.36. The van der Waals surface area contributed by atoms with Gasteiger partial charge >= 0.3 is 6.18 Å². The second-order valence-corrected chi connectivity index (χ2v) is 7.62. The highest BCUT2D eigenvalue weighted by Crippen LogP contribution is 2.39. The van der Waals surface area contributed by atoms with E-state index in [4.69, 9.17) is 0 Å². The molecule has 0 atom stereocenters. The molecule has 152 valence electrons. The van der Waals surface area contributed by atoms with E-state index in [2.05, 4.69) is 15.1 Å². The number of halogens is 3. The van der Waals surface area contributed by atoms with E-state index < -0.39 is 11.6 Å². The van der Waals surface area contributed by atoms with Crippen LogP contribution in [0, 0.1) is 16.7 Å². The number of hydrogen-bond acceptors (Lipinski definition) is 4. The van der Waals surface area contributed by atoms with E-state index in [-0.39, 0.29) is 12.2 Å². The molecular formula is C21H17F3N6. The minimum Gasteiger partial charge on any atom is -0.307 e. The summed E-state index contributed by atoms with van der Waals surface area (Å²) >= 11 is 0. The van der Waals surface area contributed by atoms with Crippen molar-refractivity contribution in [3.63, 3.8) is 0 Å². The van der Waals surface area contributed by atoms with Gasteiger partial charge in [-0.3, -0.25) is 4.68 Å². The first-order valence-electron chi connectivity index (χ1n) is 9.12. The lowest BCUT2D eigenvalue weighted by molar-refractivity contribution is -0.216. The van der Waals surface area contributed by atoms with Crippen LogP contribution in [0.2, 0.25) is 0 Å². The van der Waals surface area contributed by atoms with Gasteiger partial charge in [0.25, 0.3) is 0 Å². The number of pyridine rings is 2. The average Bonchev–Trinajstić information content (AvgIpc) is 3.35. The van der Waals surface area contributed by atoms with Crippen LogP contribution in [0.3, 0.4) is 0 Å². The predicted octanol–water partition coefficient (Wildman–Crippen LogP) is 4.72. The van der Waals surface area contributed by atoms with Gasteiger partial charge in [-0.05, 0) is 38.1 Å². The molecule has 9 heteroatoms. The molecular weight excluding hydrogens is 393 g/mol. The monoisotopic (exact) mass is 410 g/mol. The summed E-state index contributed by atoms with van der Waals surface area (Å²) in [5.74, 6) is 0. The Morgan fingerprint density at radius 1 is 1.10 bits per heavy atom. The number of nitriles is 1. The van der Waals surface area contributed by atoms with Gasteiger partial charge in [-0.1, -0.05) is 0 Å². The summed E-state index contributed by atoms with van der Waals surface area (Å²) in [4.78, 5) is 8.70. The second kappa shape index (κ2) is 6.99. The molecule has 0 aliphatic rings. The third kappa shape index (κ3) is 3.52. The van der Waals surface area contributed by atoms with Gasteiger partial charge in [-0.25, -0.2) is 9.97 Å². The molecule has 0 bridgehead atoms. The number of aromatic nitrogens is 5. The van der Waals surface area contributed by atoms with Crippen LogP contribution in [0.4, 0.5) is 13.2 Å². The van der Waals surface area contributed by atoms with Crippen molar-refractivity contribution in [3.8, 4) is 28.5 Å². The summed E-state index contributed by atoms with van der Waals surface area (Å²) in [6.45, 7) is 1.97. The summed E-state index contributed by atoms with van der Waals surface area (Å²) in [5, 5.41) is 13.4. The Hall–Kier alpha value is -3.67. The first kappa shape index (κ1) is 19.6. The van der Waals surface area contributed by atoms with E-state index in [1.54, 1.807) is 24.5 Å². The third-order valence-corrected chi connectivity index (χ3v) is 4.95. The van der Waals surface area contributed by atoms with Crippen molar-refractivity contribution < 1.29 is 13.2 Å². The van der Waals surface area contributed by atoms with Crippen molar-refractivity contribution >= 4 is 5.65 Å². The van der Waals surface area contributed by atoms with Crippen molar-refractivity contribution in [1.29, 1.82) is 5.26 Å². The first-order valence-corrected chi connectivity index (χ1v) is 9.12. The Morgan fingerprint density at radius 2 is 1.90 bits per heavy atom. The molecule has 0 saturated carbocycles. The molecule has 6 nitrogen and oxygen atoms in total. The molecule has 0 aliphatic carbocycles. The van der Waals surface area contributed by atoms with E-state index in [1.807, 2.05) is 35.0 Å². The van der Waals surface area contributed by atoms with E-state index >= 15 is 0 Å². The van der Waals surface area contributed by atoms with Crippen LogP contribution in [-0.4, -0.2) is 30.3 Å². The van der Waals surface area contributed by atoms with Crippen molar-refractivity contribution in [2.75, 3.05) is 0 Å². The topological polar surface area (TPSA) is 71.8 Å². The van der Waals surface area contributed by atoms with E-state index in [9.17, 15) is 18.4 Å². The maximum atomic E-state index is 13.2. The fraction of sp³-hybridized carbons (Fsp3) is 0.238. The lowest BCUT2D eigenvalue weighted by atomic mass is 9.93. The number of rotatable bonds is 4. The molecule has 0 saturated heterocycles. The van der Waals surface area contributed by atoms with Crippen molar-refractivity contribution in [2.24, 2.45) is 5.41 Å². The summed E-state index contributed by atoms with van der Waals surface area (Å²) in [7, 11) is 0. The Kier molecular flexibility index (Phi) is 4.57. The van der Waals surface area contributed by atoms with E-state index in [0.29, 0.717) is 22.5 Å². The molecule has 0 aromatic carbocycles. The van der Waals surface area contributed by atoms with Gasteiger partial charge in [0, 0.05) is 41.5 Å². The van der Waals surface area contributed by atoms with E-state index in [0.717, 1.165) is 19.4 Å². The molecule has 0 radical (unpaired) electrons. The van der Waals surface area contributed by atoms with Crippen LogP contribution < -0.4 is 0 Å². The van der Waals surface area contributed by atoms with E-state index in [1.165, 1.54) is 10.9 Å². The standard InChI is InChI=1S/C21H17F3N6/c1-20(2,21(22,23)24)13-30-12-15(11-27-30)17-4-3-16(10-25)28-19(17)14-5-7-29-8-6-26-18(29)9-14/h3-9,11-12H,13H2,1-2H3.